The molecule has 0 aromatic carbocycles. The summed E-state index contributed by atoms with van der Waals surface area (Å²) >= 11 is 0. The summed E-state index contributed by atoms with van der Waals surface area (Å²) in [7, 11) is 0. The summed E-state index contributed by atoms with van der Waals surface area (Å²) in [6.07, 6.45) is 1.09. The van der Waals surface area contributed by atoms with E-state index in [1.165, 1.54) is 12.1 Å². The second kappa shape index (κ2) is 4.88. The third-order valence-corrected chi connectivity index (χ3v) is 2.48. The highest BCUT2D eigenvalue weighted by atomic mass is 16.6. The van der Waals surface area contributed by atoms with Crippen molar-refractivity contribution in [2.45, 2.75) is 0 Å². The summed E-state index contributed by atoms with van der Waals surface area (Å²) in [6, 6.07) is 2.65. The summed E-state index contributed by atoms with van der Waals surface area (Å²) in [4.78, 5) is 27.2. The highest BCUT2D eigenvalue weighted by Gasteiger charge is 2.20. The number of amides is 1. The second-order valence-electron chi connectivity index (χ2n) is 3.56. The maximum absolute atomic E-state index is 11.9. The number of aromatic nitrogens is 1. The van der Waals surface area contributed by atoms with Crippen molar-refractivity contribution in [2.24, 2.45) is 0 Å². The number of carbonyl (C=O) groups is 1. The van der Waals surface area contributed by atoms with Gasteiger partial charge in [0.25, 0.3) is 11.6 Å². The van der Waals surface area contributed by atoms with Crippen LogP contribution in [0, 0.1) is 10.1 Å². The van der Waals surface area contributed by atoms with Gasteiger partial charge in [-0.25, -0.2) is 4.98 Å². The first kappa shape index (κ1) is 11.5. The van der Waals surface area contributed by atoms with Crippen LogP contribution in [-0.2, 0) is 4.74 Å². The van der Waals surface area contributed by atoms with Crippen LogP contribution in [0.15, 0.2) is 18.3 Å². The van der Waals surface area contributed by atoms with Gasteiger partial charge in [0, 0.05) is 19.2 Å². The van der Waals surface area contributed by atoms with E-state index in [9.17, 15) is 14.9 Å². The quantitative estimate of drug-likeness (QED) is 0.551. The van der Waals surface area contributed by atoms with Crippen molar-refractivity contribution in [1.82, 2.24) is 9.88 Å². The van der Waals surface area contributed by atoms with Gasteiger partial charge in [-0.05, 0) is 6.07 Å². The van der Waals surface area contributed by atoms with Crippen LogP contribution in [0.5, 0.6) is 0 Å². The van der Waals surface area contributed by atoms with E-state index in [1.54, 1.807) is 4.90 Å². The lowest BCUT2D eigenvalue weighted by molar-refractivity contribution is -0.385. The van der Waals surface area contributed by atoms with Gasteiger partial charge in [-0.3, -0.25) is 14.9 Å². The van der Waals surface area contributed by atoms with Crippen molar-refractivity contribution in [1.29, 1.82) is 0 Å². The standard InChI is InChI=1S/C10H11N3O4/c14-10(12-3-5-17-6-4-12)9-2-1-8(7-11-9)13(15)16/h1-2,7H,3-6H2. The minimum absolute atomic E-state index is 0.122. The zero-order valence-electron chi connectivity index (χ0n) is 9.04. The highest BCUT2D eigenvalue weighted by Crippen LogP contribution is 2.11. The highest BCUT2D eigenvalue weighted by molar-refractivity contribution is 5.92. The van der Waals surface area contributed by atoms with Crippen LogP contribution < -0.4 is 0 Å². The average Bonchev–Trinajstić information content (AvgIpc) is 2.39. The van der Waals surface area contributed by atoms with Crippen LogP contribution in [0.4, 0.5) is 5.69 Å². The molecule has 1 fully saturated rings. The first-order valence-corrected chi connectivity index (χ1v) is 5.16. The van der Waals surface area contributed by atoms with E-state index in [4.69, 9.17) is 4.74 Å². The molecule has 1 aromatic rings. The third-order valence-electron chi connectivity index (χ3n) is 2.48. The number of ether oxygens (including phenoxy) is 1. The summed E-state index contributed by atoms with van der Waals surface area (Å²) in [6.45, 7) is 2.08. The van der Waals surface area contributed by atoms with Crippen molar-refractivity contribution in [3.63, 3.8) is 0 Å². The van der Waals surface area contributed by atoms with Crippen molar-refractivity contribution >= 4 is 11.6 Å². The second-order valence-corrected chi connectivity index (χ2v) is 3.56. The maximum Gasteiger partial charge on any atom is 0.287 e. The molecular weight excluding hydrogens is 226 g/mol. The lowest BCUT2D eigenvalue weighted by atomic mass is 10.3. The molecule has 0 bridgehead atoms. The molecule has 7 heteroatoms. The Bertz CT molecular complexity index is 426. The number of pyridine rings is 1. The van der Waals surface area contributed by atoms with Crippen LogP contribution in [-0.4, -0.2) is 47.0 Å². The Morgan fingerprint density at radius 3 is 2.65 bits per heavy atom. The van der Waals surface area contributed by atoms with Crippen molar-refractivity contribution < 1.29 is 14.5 Å². The van der Waals surface area contributed by atoms with Gasteiger partial charge in [-0.2, -0.15) is 0 Å². The molecule has 0 aliphatic carbocycles. The number of carbonyl (C=O) groups excluding carboxylic acids is 1. The van der Waals surface area contributed by atoms with Gasteiger partial charge in [-0.15, -0.1) is 0 Å². The SMILES string of the molecule is O=C(c1ccc([N+](=O)[O-])cn1)N1CCOCC1. The average molecular weight is 237 g/mol. The van der Waals surface area contributed by atoms with Gasteiger partial charge in [0.2, 0.25) is 0 Å². The first-order valence-electron chi connectivity index (χ1n) is 5.16. The molecule has 1 aliphatic heterocycles. The number of morpholine rings is 1. The first-order chi connectivity index (χ1) is 8.18. The third kappa shape index (κ3) is 2.56. The lowest BCUT2D eigenvalue weighted by Gasteiger charge is -2.26. The molecule has 1 aromatic heterocycles. The Morgan fingerprint density at radius 2 is 2.12 bits per heavy atom. The largest absolute Gasteiger partial charge is 0.378 e. The molecule has 2 rings (SSSR count). The van der Waals surface area contributed by atoms with E-state index in [0.29, 0.717) is 26.3 Å². The van der Waals surface area contributed by atoms with Gasteiger partial charge < -0.3 is 9.64 Å². The zero-order chi connectivity index (χ0) is 12.3. The summed E-state index contributed by atoms with van der Waals surface area (Å²) in [5.74, 6) is -0.219. The topological polar surface area (TPSA) is 85.6 Å². The predicted octanol–water partition coefficient (Wildman–Crippen LogP) is 0.462. The van der Waals surface area contributed by atoms with Gasteiger partial charge >= 0.3 is 0 Å². The molecule has 0 N–H and O–H groups in total. The monoisotopic (exact) mass is 237 g/mol. The van der Waals surface area contributed by atoms with Gasteiger partial charge in [0.1, 0.15) is 11.9 Å². The molecule has 17 heavy (non-hydrogen) atoms. The number of rotatable bonds is 2. The smallest absolute Gasteiger partial charge is 0.287 e. The molecule has 1 amide bonds. The molecule has 90 valence electrons. The van der Waals surface area contributed by atoms with E-state index in [0.717, 1.165) is 6.20 Å². The normalized spacial score (nSPS) is 15.6. The zero-order valence-corrected chi connectivity index (χ0v) is 9.04. The van der Waals surface area contributed by atoms with E-state index in [2.05, 4.69) is 4.98 Å². The fourth-order valence-corrected chi connectivity index (χ4v) is 1.55. The molecular formula is C10H11N3O4. The Balaban J connectivity index is 2.10. The summed E-state index contributed by atoms with van der Waals surface area (Å²) in [5, 5.41) is 10.4. The van der Waals surface area contributed by atoms with Crippen molar-refractivity contribution in [2.75, 3.05) is 26.3 Å². The molecule has 0 atom stereocenters. The van der Waals surface area contributed by atoms with Crippen molar-refractivity contribution in [3.8, 4) is 0 Å². The molecule has 1 saturated heterocycles. The molecule has 2 heterocycles. The minimum atomic E-state index is -0.546. The number of nitro groups is 1. The van der Waals surface area contributed by atoms with Gasteiger partial charge in [0.15, 0.2) is 0 Å². The number of nitrogens with zero attached hydrogens (tertiary/aromatic N) is 3. The molecule has 0 spiro atoms. The van der Waals surface area contributed by atoms with E-state index < -0.39 is 4.92 Å². The predicted molar refractivity (Wildman–Crippen MR) is 57.6 cm³/mol. The fourth-order valence-electron chi connectivity index (χ4n) is 1.55. The molecule has 0 unspecified atom stereocenters. The van der Waals surface area contributed by atoms with Crippen LogP contribution in [0.25, 0.3) is 0 Å². The molecule has 0 radical (unpaired) electrons. The maximum atomic E-state index is 11.9. The molecule has 0 saturated carbocycles. The van der Waals surface area contributed by atoms with Gasteiger partial charge in [-0.1, -0.05) is 0 Å². The van der Waals surface area contributed by atoms with Crippen LogP contribution in [0.1, 0.15) is 10.5 Å². The van der Waals surface area contributed by atoms with Crippen LogP contribution in [0.2, 0.25) is 0 Å². The molecule has 7 nitrogen and oxygen atoms in total. The van der Waals surface area contributed by atoms with E-state index in [-0.39, 0.29) is 17.3 Å². The summed E-state index contributed by atoms with van der Waals surface area (Å²) < 4.78 is 5.13. The van der Waals surface area contributed by atoms with Crippen molar-refractivity contribution in [3.05, 3.63) is 34.1 Å². The Kier molecular flexibility index (Phi) is 3.29. The van der Waals surface area contributed by atoms with Crippen LogP contribution >= 0.6 is 0 Å². The van der Waals surface area contributed by atoms with E-state index in [1.807, 2.05) is 0 Å². The Hall–Kier alpha value is -2.02. The lowest BCUT2D eigenvalue weighted by Crippen LogP contribution is -2.41. The number of hydrogen-bond acceptors (Lipinski definition) is 5. The number of hydrogen-bond donors (Lipinski definition) is 0. The summed E-state index contributed by atoms with van der Waals surface area (Å²) in [5.41, 5.74) is 0.0982. The molecule has 1 aliphatic rings. The minimum Gasteiger partial charge on any atom is -0.378 e. The fraction of sp³-hybridized carbons (Fsp3) is 0.400. The van der Waals surface area contributed by atoms with E-state index >= 15 is 0 Å². The Labute approximate surface area is 97.2 Å². The van der Waals surface area contributed by atoms with Gasteiger partial charge in [0.05, 0.1) is 18.1 Å². The van der Waals surface area contributed by atoms with Crippen LogP contribution in [0.3, 0.4) is 0 Å². The Morgan fingerprint density at radius 1 is 1.41 bits per heavy atom.